The van der Waals surface area contributed by atoms with Crippen molar-refractivity contribution < 1.29 is 0 Å². The maximum absolute atomic E-state index is 4.36. The van der Waals surface area contributed by atoms with Crippen molar-refractivity contribution in [2.24, 2.45) is 0 Å². The summed E-state index contributed by atoms with van der Waals surface area (Å²) in [6.45, 7) is 6.02. The van der Waals surface area contributed by atoms with Crippen molar-refractivity contribution in [2.45, 2.75) is 20.8 Å². The summed E-state index contributed by atoms with van der Waals surface area (Å²) in [4.78, 5) is 8.65. The van der Waals surface area contributed by atoms with E-state index in [4.69, 9.17) is 0 Å². The average Bonchev–Trinajstić information content (AvgIpc) is 2.17. The van der Waals surface area contributed by atoms with E-state index < -0.39 is 0 Å². The van der Waals surface area contributed by atoms with Crippen molar-refractivity contribution in [3.8, 4) is 11.1 Å². The highest BCUT2D eigenvalue weighted by Gasteiger charge is 2.00. The van der Waals surface area contributed by atoms with Gasteiger partial charge < -0.3 is 0 Å². The molecule has 0 aliphatic heterocycles. The lowest BCUT2D eigenvalue weighted by molar-refractivity contribution is 1.12. The largest absolute Gasteiger partial charge is 0.261 e. The summed E-state index contributed by atoms with van der Waals surface area (Å²) < 4.78 is 0. The summed E-state index contributed by atoms with van der Waals surface area (Å²) in [5, 5.41) is 0. The van der Waals surface area contributed by atoms with E-state index in [0.29, 0.717) is 0 Å². The van der Waals surface area contributed by atoms with Crippen molar-refractivity contribution >= 4 is 0 Å². The first kappa shape index (κ1) is 9.84. The maximum Gasteiger partial charge on any atom is 0.0382 e. The number of nitrogens with zero attached hydrogens (tertiary/aromatic N) is 2. The van der Waals surface area contributed by atoms with Crippen molar-refractivity contribution in [1.29, 1.82) is 0 Å². The van der Waals surface area contributed by atoms with Gasteiger partial charge in [0, 0.05) is 28.8 Å². The molecule has 15 heavy (non-hydrogen) atoms. The number of pyridine rings is 2. The molecule has 0 aliphatic carbocycles. The first-order chi connectivity index (χ1) is 7.15. The zero-order valence-corrected chi connectivity index (χ0v) is 9.28. The van der Waals surface area contributed by atoms with Crippen LogP contribution in [0.5, 0.6) is 0 Å². The number of hydrogen-bond acceptors (Lipinski definition) is 2. The highest BCUT2D eigenvalue weighted by molar-refractivity contribution is 5.63. The lowest BCUT2D eigenvalue weighted by Crippen LogP contribution is -1.89. The van der Waals surface area contributed by atoms with Gasteiger partial charge in [-0.15, -0.1) is 0 Å². The fourth-order valence-corrected chi connectivity index (χ4v) is 1.64. The van der Waals surface area contributed by atoms with Gasteiger partial charge >= 0.3 is 0 Å². The Labute approximate surface area is 90.0 Å². The quantitative estimate of drug-likeness (QED) is 0.703. The van der Waals surface area contributed by atoms with Crippen LogP contribution in [0.25, 0.3) is 11.1 Å². The summed E-state index contributed by atoms with van der Waals surface area (Å²) in [5.74, 6) is 0. The number of aryl methyl sites for hydroxylation is 3. The van der Waals surface area contributed by atoms with Gasteiger partial charge in [-0.2, -0.15) is 0 Å². The molecule has 2 heterocycles. The van der Waals surface area contributed by atoms with E-state index in [9.17, 15) is 0 Å². The lowest BCUT2D eigenvalue weighted by Gasteiger charge is -2.04. The highest BCUT2D eigenvalue weighted by Crippen LogP contribution is 2.19. The summed E-state index contributed by atoms with van der Waals surface area (Å²) in [7, 11) is 0. The Morgan fingerprint density at radius 3 is 2.00 bits per heavy atom. The topological polar surface area (TPSA) is 25.8 Å². The van der Waals surface area contributed by atoms with Crippen LogP contribution in [0.2, 0.25) is 0 Å². The third kappa shape index (κ3) is 2.21. The SMILES string of the molecule is Cc1ccc(-c2cc(C)nc(C)c2)cn1. The van der Waals surface area contributed by atoms with Crippen molar-refractivity contribution in [2.75, 3.05) is 0 Å². The van der Waals surface area contributed by atoms with Gasteiger partial charge in [-0.25, -0.2) is 0 Å². The number of hydrogen-bond donors (Lipinski definition) is 0. The minimum absolute atomic E-state index is 1.04. The molecule has 0 saturated heterocycles. The Kier molecular flexibility index (Phi) is 2.50. The molecular weight excluding hydrogens is 184 g/mol. The van der Waals surface area contributed by atoms with Crippen LogP contribution in [-0.4, -0.2) is 9.97 Å². The minimum Gasteiger partial charge on any atom is -0.261 e. The third-order valence-corrected chi connectivity index (χ3v) is 2.33. The molecule has 0 aliphatic rings. The number of aromatic nitrogens is 2. The standard InChI is InChI=1S/C13H14N2/c1-9-4-5-12(8-14-9)13-6-10(2)15-11(3)7-13/h4-8H,1-3H3. The molecule has 0 amide bonds. The molecule has 0 saturated carbocycles. The second kappa shape index (κ2) is 3.81. The molecule has 2 aromatic heterocycles. The smallest absolute Gasteiger partial charge is 0.0382 e. The summed E-state index contributed by atoms with van der Waals surface area (Å²) in [6, 6.07) is 8.29. The van der Waals surface area contributed by atoms with E-state index in [-0.39, 0.29) is 0 Å². The van der Waals surface area contributed by atoms with Gasteiger partial charge in [0.25, 0.3) is 0 Å². The molecule has 0 bridgehead atoms. The minimum atomic E-state index is 1.04. The molecule has 76 valence electrons. The Hall–Kier alpha value is -1.70. The summed E-state index contributed by atoms with van der Waals surface area (Å²) >= 11 is 0. The van der Waals surface area contributed by atoms with E-state index >= 15 is 0 Å². The third-order valence-electron chi connectivity index (χ3n) is 2.33. The second-order valence-corrected chi connectivity index (χ2v) is 3.83. The zero-order valence-electron chi connectivity index (χ0n) is 9.28. The van der Waals surface area contributed by atoms with Crippen LogP contribution < -0.4 is 0 Å². The average molecular weight is 198 g/mol. The van der Waals surface area contributed by atoms with Crippen LogP contribution in [0.15, 0.2) is 30.5 Å². The molecule has 2 heteroatoms. The molecule has 2 nitrogen and oxygen atoms in total. The summed E-state index contributed by atoms with van der Waals surface area (Å²) in [6.07, 6.45) is 1.91. The predicted molar refractivity (Wildman–Crippen MR) is 61.7 cm³/mol. The molecular formula is C13H14N2. The Morgan fingerprint density at radius 2 is 1.47 bits per heavy atom. The Bertz CT molecular complexity index is 452. The van der Waals surface area contributed by atoms with Crippen LogP contribution in [0.4, 0.5) is 0 Å². The fourth-order valence-electron chi connectivity index (χ4n) is 1.64. The van der Waals surface area contributed by atoms with Gasteiger partial charge in [0.1, 0.15) is 0 Å². The van der Waals surface area contributed by atoms with Crippen LogP contribution in [0.3, 0.4) is 0 Å². The molecule has 0 spiro atoms. The summed E-state index contributed by atoms with van der Waals surface area (Å²) in [5.41, 5.74) is 5.47. The Balaban J connectivity index is 2.49. The van der Waals surface area contributed by atoms with E-state index in [0.717, 1.165) is 22.6 Å². The van der Waals surface area contributed by atoms with Crippen molar-refractivity contribution in [1.82, 2.24) is 9.97 Å². The van der Waals surface area contributed by atoms with Crippen LogP contribution in [0, 0.1) is 20.8 Å². The fraction of sp³-hybridized carbons (Fsp3) is 0.231. The number of rotatable bonds is 1. The van der Waals surface area contributed by atoms with Gasteiger partial charge in [-0.1, -0.05) is 6.07 Å². The predicted octanol–water partition coefficient (Wildman–Crippen LogP) is 3.07. The molecule has 0 N–H and O–H groups in total. The second-order valence-electron chi connectivity index (χ2n) is 3.83. The molecule has 0 radical (unpaired) electrons. The van der Waals surface area contributed by atoms with E-state index in [2.05, 4.69) is 28.2 Å². The molecule has 0 fully saturated rings. The van der Waals surface area contributed by atoms with Gasteiger partial charge in [-0.3, -0.25) is 9.97 Å². The Morgan fingerprint density at radius 1 is 0.800 bits per heavy atom. The van der Waals surface area contributed by atoms with Gasteiger partial charge in [0.15, 0.2) is 0 Å². The molecule has 0 unspecified atom stereocenters. The van der Waals surface area contributed by atoms with Crippen LogP contribution in [-0.2, 0) is 0 Å². The zero-order chi connectivity index (χ0) is 10.8. The molecule has 0 aromatic carbocycles. The van der Waals surface area contributed by atoms with Gasteiger partial charge in [0.2, 0.25) is 0 Å². The lowest BCUT2D eigenvalue weighted by atomic mass is 10.1. The van der Waals surface area contributed by atoms with E-state index in [1.165, 1.54) is 5.56 Å². The molecule has 2 rings (SSSR count). The molecule has 0 atom stereocenters. The first-order valence-electron chi connectivity index (χ1n) is 5.03. The van der Waals surface area contributed by atoms with Crippen LogP contribution in [0.1, 0.15) is 17.1 Å². The van der Waals surface area contributed by atoms with Gasteiger partial charge in [-0.05, 0) is 44.5 Å². The van der Waals surface area contributed by atoms with Crippen molar-refractivity contribution in [3.05, 3.63) is 47.5 Å². The first-order valence-corrected chi connectivity index (χ1v) is 5.03. The normalized spacial score (nSPS) is 10.3. The van der Waals surface area contributed by atoms with Gasteiger partial charge in [0.05, 0.1) is 0 Å². The highest BCUT2D eigenvalue weighted by atomic mass is 14.7. The van der Waals surface area contributed by atoms with E-state index in [1.807, 2.05) is 33.0 Å². The van der Waals surface area contributed by atoms with Crippen molar-refractivity contribution in [3.63, 3.8) is 0 Å². The molecule has 2 aromatic rings. The van der Waals surface area contributed by atoms with Crippen LogP contribution >= 0.6 is 0 Å². The monoisotopic (exact) mass is 198 g/mol. The maximum atomic E-state index is 4.36. The van der Waals surface area contributed by atoms with E-state index in [1.54, 1.807) is 0 Å².